The van der Waals surface area contributed by atoms with Crippen LogP contribution in [0.25, 0.3) is 11.3 Å². The zero-order valence-electron chi connectivity index (χ0n) is 14.7. The van der Waals surface area contributed by atoms with Crippen LogP contribution in [0.15, 0.2) is 42.1 Å². The van der Waals surface area contributed by atoms with Crippen molar-refractivity contribution in [3.63, 3.8) is 0 Å². The van der Waals surface area contributed by atoms with Crippen molar-refractivity contribution in [2.75, 3.05) is 18.0 Å². The van der Waals surface area contributed by atoms with Crippen molar-refractivity contribution in [3.8, 4) is 11.3 Å². The van der Waals surface area contributed by atoms with Gasteiger partial charge in [0.1, 0.15) is 12.0 Å². The second-order valence-corrected chi connectivity index (χ2v) is 6.89. The molecule has 1 saturated heterocycles. The number of hydrogen-bond donors (Lipinski definition) is 1. The number of amides is 1. The number of H-pyrrole nitrogens is 1. The van der Waals surface area contributed by atoms with Crippen molar-refractivity contribution in [1.82, 2.24) is 19.9 Å². The molecule has 134 valence electrons. The van der Waals surface area contributed by atoms with Crippen LogP contribution in [0.5, 0.6) is 0 Å². The fraction of sp³-hybridized carbons (Fsp3) is 0.368. The Morgan fingerprint density at radius 1 is 1.31 bits per heavy atom. The SMILES string of the molecule is C=CC(=O)N1CC(N(c2cc(-c3cc(C)ncn3)c[nH]c2=O)C2CC2)C1. The minimum Gasteiger partial charge on any atom is -0.358 e. The third-order valence-corrected chi connectivity index (χ3v) is 4.94. The Hall–Kier alpha value is -2.96. The molecule has 0 atom stereocenters. The van der Waals surface area contributed by atoms with E-state index in [1.807, 2.05) is 19.1 Å². The average Bonchev–Trinajstić information content (AvgIpc) is 3.43. The van der Waals surface area contributed by atoms with Crippen molar-refractivity contribution >= 4 is 11.6 Å². The average molecular weight is 351 g/mol. The predicted octanol–water partition coefficient (Wildman–Crippen LogP) is 1.51. The number of nitrogens with one attached hydrogen (secondary N) is 1. The van der Waals surface area contributed by atoms with Gasteiger partial charge in [-0.25, -0.2) is 9.97 Å². The molecule has 2 aromatic rings. The molecule has 0 unspecified atom stereocenters. The van der Waals surface area contributed by atoms with Crippen LogP contribution in [0, 0.1) is 6.92 Å². The number of rotatable bonds is 5. The molecule has 26 heavy (non-hydrogen) atoms. The maximum atomic E-state index is 12.5. The quantitative estimate of drug-likeness (QED) is 0.826. The lowest BCUT2D eigenvalue weighted by atomic mass is 10.0. The number of hydrogen-bond acceptors (Lipinski definition) is 5. The van der Waals surface area contributed by atoms with Crippen LogP contribution in [-0.2, 0) is 4.79 Å². The van der Waals surface area contributed by atoms with E-state index in [1.54, 1.807) is 11.1 Å². The molecule has 2 aliphatic rings. The third kappa shape index (κ3) is 3.00. The lowest BCUT2D eigenvalue weighted by molar-refractivity contribution is -0.130. The van der Waals surface area contributed by atoms with Gasteiger partial charge in [-0.2, -0.15) is 0 Å². The molecule has 0 radical (unpaired) electrons. The van der Waals surface area contributed by atoms with Gasteiger partial charge >= 0.3 is 0 Å². The van der Waals surface area contributed by atoms with Gasteiger partial charge in [0.2, 0.25) is 5.91 Å². The molecule has 7 nitrogen and oxygen atoms in total. The molecule has 1 saturated carbocycles. The number of carbonyl (C=O) groups excluding carboxylic acids is 1. The first-order valence-electron chi connectivity index (χ1n) is 8.78. The highest BCUT2D eigenvalue weighted by Gasteiger charge is 2.42. The molecule has 0 aromatic carbocycles. The Morgan fingerprint density at radius 2 is 2.08 bits per heavy atom. The lowest BCUT2D eigenvalue weighted by Crippen LogP contribution is -2.62. The summed E-state index contributed by atoms with van der Waals surface area (Å²) in [5.41, 5.74) is 3.05. The van der Waals surface area contributed by atoms with Crippen molar-refractivity contribution < 1.29 is 4.79 Å². The van der Waals surface area contributed by atoms with E-state index in [-0.39, 0.29) is 17.5 Å². The van der Waals surface area contributed by atoms with Gasteiger partial charge in [-0.05, 0) is 38.0 Å². The Bertz CT molecular complexity index is 912. The van der Waals surface area contributed by atoms with Crippen molar-refractivity contribution in [1.29, 1.82) is 0 Å². The summed E-state index contributed by atoms with van der Waals surface area (Å²) in [5.74, 6) is -0.0592. The lowest BCUT2D eigenvalue weighted by Gasteiger charge is -2.46. The standard InChI is InChI=1S/C19H21N5O2/c1-3-18(25)23-9-15(10-23)24(14-4-5-14)17-7-13(8-20-19(17)26)16-6-12(2)21-11-22-16/h3,6-8,11,14-15H,1,4-5,9-10H2,2H3,(H,20,26). The number of carbonyl (C=O) groups is 1. The van der Waals surface area contributed by atoms with Crippen LogP contribution in [-0.4, -0.2) is 50.9 Å². The molecule has 4 rings (SSSR count). The van der Waals surface area contributed by atoms with Gasteiger partial charge in [-0.1, -0.05) is 6.58 Å². The van der Waals surface area contributed by atoms with Crippen LogP contribution in [0.4, 0.5) is 5.69 Å². The van der Waals surface area contributed by atoms with E-state index in [0.717, 1.165) is 29.8 Å². The molecule has 0 bridgehead atoms. The second kappa shape index (κ2) is 6.40. The number of pyridine rings is 1. The van der Waals surface area contributed by atoms with E-state index >= 15 is 0 Å². The molecule has 7 heteroatoms. The number of aromatic nitrogens is 3. The summed E-state index contributed by atoms with van der Waals surface area (Å²) in [5, 5.41) is 0. The van der Waals surface area contributed by atoms with E-state index in [4.69, 9.17) is 0 Å². The van der Waals surface area contributed by atoms with Crippen molar-refractivity contribution in [3.05, 3.63) is 53.4 Å². The molecule has 2 aromatic heterocycles. The molecule has 2 fully saturated rings. The van der Waals surface area contributed by atoms with Gasteiger partial charge in [-0.3, -0.25) is 9.59 Å². The summed E-state index contributed by atoms with van der Waals surface area (Å²) < 4.78 is 0. The largest absolute Gasteiger partial charge is 0.358 e. The fourth-order valence-corrected chi connectivity index (χ4v) is 3.41. The normalized spacial score (nSPS) is 16.9. The number of aryl methyl sites for hydroxylation is 1. The van der Waals surface area contributed by atoms with Crippen molar-refractivity contribution in [2.24, 2.45) is 0 Å². The number of aromatic amines is 1. The molecule has 1 aliphatic heterocycles. The van der Waals surface area contributed by atoms with Crippen LogP contribution in [0.3, 0.4) is 0 Å². The minimum atomic E-state index is -0.111. The van der Waals surface area contributed by atoms with E-state index in [2.05, 4.69) is 26.4 Å². The molecular formula is C19H21N5O2. The fourth-order valence-electron chi connectivity index (χ4n) is 3.41. The highest BCUT2D eigenvalue weighted by atomic mass is 16.2. The van der Waals surface area contributed by atoms with Gasteiger partial charge in [0.15, 0.2) is 0 Å². The number of nitrogens with zero attached hydrogens (tertiary/aromatic N) is 4. The third-order valence-electron chi connectivity index (χ3n) is 4.94. The van der Waals surface area contributed by atoms with E-state index in [1.165, 1.54) is 12.4 Å². The maximum absolute atomic E-state index is 12.5. The molecule has 0 spiro atoms. The van der Waals surface area contributed by atoms with Crippen LogP contribution < -0.4 is 10.5 Å². The Balaban J connectivity index is 1.65. The summed E-state index contributed by atoms with van der Waals surface area (Å²) in [6, 6.07) is 4.32. The number of likely N-dealkylation sites (tertiary alicyclic amines) is 1. The summed E-state index contributed by atoms with van der Waals surface area (Å²) in [7, 11) is 0. The Kier molecular flexibility index (Phi) is 4.06. The van der Waals surface area contributed by atoms with Gasteiger partial charge in [-0.15, -0.1) is 0 Å². The summed E-state index contributed by atoms with van der Waals surface area (Å²) in [6.45, 7) is 6.69. The topological polar surface area (TPSA) is 82.2 Å². The van der Waals surface area contributed by atoms with Gasteiger partial charge in [0, 0.05) is 36.6 Å². The monoisotopic (exact) mass is 351 g/mol. The van der Waals surface area contributed by atoms with Crippen LogP contribution in [0.1, 0.15) is 18.5 Å². The molecule has 3 heterocycles. The van der Waals surface area contributed by atoms with Crippen molar-refractivity contribution in [2.45, 2.75) is 31.8 Å². The predicted molar refractivity (Wildman–Crippen MR) is 98.9 cm³/mol. The highest BCUT2D eigenvalue weighted by molar-refractivity contribution is 5.88. The summed E-state index contributed by atoms with van der Waals surface area (Å²) in [6.07, 6.45) is 6.69. The maximum Gasteiger partial charge on any atom is 0.271 e. The first kappa shape index (κ1) is 16.5. The van der Waals surface area contributed by atoms with E-state index in [0.29, 0.717) is 24.8 Å². The first-order valence-corrected chi connectivity index (χ1v) is 8.78. The second-order valence-electron chi connectivity index (χ2n) is 6.89. The minimum absolute atomic E-state index is 0.0592. The highest BCUT2D eigenvalue weighted by Crippen LogP contribution is 2.35. The van der Waals surface area contributed by atoms with Gasteiger partial charge in [0.25, 0.3) is 5.56 Å². The summed E-state index contributed by atoms with van der Waals surface area (Å²) >= 11 is 0. The molecule has 1 aliphatic carbocycles. The smallest absolute Gasteiger partial charge is 0.271 e. The zero-order chi connectivity index (χ0) is 18.3. The van der Waals surface area contributed by atoms with Crippen LogP contribution in [0.2, 0.25) is 0 Å². The first-order chi connectivity index (χ1) is 12.6. The Morgan fingerprint density at radius 3 is 2.73 bits per heavy atom. The Labute approximate surface area is 151 Å². The van der Waals surface area contributed by atoms with Crippen LogP contribution >= 0.6 is 0 Å². The molecule has 1 N–H and O–H groups in total. The van der Waals surface area contributed by atoms with Gasteiger partial charge < -0.3 is 14.8 Å². The molecule has 1 amide bonds. The summed E-state index contributed by atoms with van der Waals surface area (Å²) in [4.78, 5) is 39.5. The van der Waals surface area contributed by atoms with E-state index in [9.17, 15) is 9.59 Å². The number of anilines is 1. The molecular weight excluding hydrogens is 330 g/mol. The zero-order valence-corrected chi connectivity index (χ0v) is 14.7. The van der Waals surface area contributed by atoms with E-state index < -0.39 is 0 Å². The van der Waals surface area contributed by atoms with Gasteiger partial charge in [0.05, 0.1) is 11.7 Å².